The Bertz CT molecular complexity index is 271. The van der Waals surface area contributed by atoms with E-state index in [1.54, 1.807) is 0 Å². The molecular weight excluding hydrogens is 248 g/mol. The summed E-state index contributed by atoms with van der Waals surface area (Å²) in [5.41, 5.74) is 0.435. The van der Waals surface area contributed by atoms with Crippen LogP contribution in [0.25, 0.3) is 0 Å². The number of carbonyl (C=O) groups is 1. The molecule has 2 N–H and O–H groups in total. The molecule has 0 aromatic rings. The van der Waals surface area contributed by atoms with E-state index < -0.39 is 0 Å². The van der Waals surface area contributed by atoms with Crippen molar-refractivity contribution in [2.75, 3.05) is 19.6 Å². The van der Waals surface area contributed by atoms with Gasteiger partial charge in [-0.3, -0.25) is 4.79 Å². The summed E-state index contributed by atoms with van der Waals surface area (Å²) in [6, 6.07) is 0. The average Bonchev–Trinajstić information content (AvgIpc) is 2.93. The summed E-state index contributed by atoms with van der Waals surface area (Å²) in [4.78, 5) is 11.8. The number of rotatable bonds is 6. The predicted octanol–water partition coefficient (Wildman–Crippen LogP) is 2.35. The van der Waals surface area contributed by atoms with Crippen molar-refractivity contribution in [1.82, 2.24) is 10.6 Å². The van der Waals surface area contributed by atoms with Crippen LogP contribution in [-0.4, -0.2) is 25.5 Å². The molecule has 3 nitrogen and oxygen atoms in total. The molecule has 4 heteroatoms. The molecule has 1 unspecified atom stereocenters. The maximum absolute atomic E-state index is 11.8. The van der Waals surface area contributed by atoms with Crippen LogP contribution in [0.5, 0.6) is 0 Å². The zero-order chi connectivity index (χ0) is 12.3. The lowest BCUT2D eigenvalue weighted by atomic mass is 9.92. The first-order valence-corrected chi connectivity index (χ1v) is 7.10. The lowest BCUT2D eigenvalue weighted by Gasteiger charge is -2.20. The van der Waals surface area contributed by atoms with Crippen LogP contribution in [0, 0.1) is 17.3 Å². The molecule has 1 atom stereocenters. The number of nitrogens with one attached hydrogen (secondary N) is 2. The third-order valence-electron chi connectivity index (χ3n) is 4.70. The smallest absolute Gasteiger partial charge is 0.220 e. The Morgan fingerprint density at radius 3 is 2.67 bits per heavy atom. The number of hydrogen-bond donors (Lipinski definition) is 2. The monoisotopic (exact) mass is 274 g/mol. The van der Waals surface area contributed by atoms with Crippen molar-refractivity contribution in [2.45, 2.75) is 46.0 Å². The van der Waals surface area contributed by atoms with Crippen LogP contribution < -0.4 is 10.6 Å². The fourth-order valence-corrected chi connectivity index (χ4v) is 2.78. The highest BCUT2D eigenvalue weighted by Crippen LogP contribution is 2.51. The zero-order valence-corrected chi connectivity index (χ0v) is 12.4. The Labute approximate surface area is 117 Å². The van der Waals surface area contributed by atoms with E-state index in [4.69, 9.17) is 0 Å². The van der Waals surface area contributed by atoms with Crippen molar-refractivity contribution >= 4 is 18.3 Å². The molecule has 0 aromatic carbocycles. The Morgan fingerprint density at radius 2 is 2.17 bits per heavy atom. The maximum Gasteiger partial charge on any atom is 0.220 e. The molecule has 1 aliphatic carbocycles. The molecule has 0 aromatic heterocycles. The van der Waals surface area contributed by atoms with Crippen LogP contribution in [0.2, 0.25) is 0 Å². The van der Waals surface area contributed by atoms with Crippen molar-refractivity contribution < 1.29 is 4.79 Å². The van der Waals surface area contributed by atoms with Gasteiger partial charge in [0.25, 0.3) is 0 Å². The molecule has 2 fully saturated rings. The van der Waals surface area contributed by atoms with Gasteiger partial charge in [-0.15, -0.1) is 12.4 Å². The van der Waals surface area contributed by atoms with Gasteiger partial charge in [0.05, 0.1) is 0 Å². The van der Waals surface area contributed by atoms with Crippen LogP contribution in [0.15, 0.2) is 0 Å². The van der Waals surface area contributed by atoms with Crippen LogP contribution in [0.3, 0.4) is 0 Å². The molecule has 0 spiro atoms. The van der Waals surface area contributed by atoms with Gasteiger partial charge >= 0.3 is 0 Å². The summed E-state index contributed by atoms with van der Waals surface area (Å²) in [5.74, 6) is 1.67. The molecule has 1 heterocycles. The fraction of sp³-hybridized carbons (Fsp3) is 0.929. The van der Waals surface area contributed by atoms with E-state index in [9.17, 15) is 4.79 Å². The first kappa shape index (κ1) is 15.8. The maximum atomic E-state index is 11.8. The van der Waals surface area contributed by atoms with Crippen LogP contribution in [-0.2, 0) is 4.79 Å². The van der Waals surface area contributed by atoms with E-state index in [-0.39, 0.29) is 18.3 Å². The summed E-state index contributed by atoms with van der Waals surface area (Å²) in [7, 11) is 0. The van der Waals surface area contributed by atoms with Crippen LogP contribution >= 0.6 is 12.4 Å². The van der Waals surface area contributed by atoms with E-state index in [1.165, 1.54) is 19.3 Å². The van der Waals surface area contributed by atoms with Gasteiger partial charge in [-0.25, -0.2) is 0 Å². The van der Waals surface area contributed by atoms with Crippen LogP contribution in [0.4, 0.5) is 0 Å². The minimum atomic E-state index is 0. The number of amides is 1. The normalized spacial score (nSPS) is 24.7. The molecule has 2 rings (SSSR count). The van der Waals surface area contributed by atoms with Gasteiger partial charge in [0.2, 0.25) is 5.91 Å². The summed E-state index contributed by atoms with van der Waals surface area (Å²) >= 11 is 0. The molecule has 2 aliphatic rings. The molecular formula is C14H27ClN2O. The van der Waals surface area contributed by atoms with Crippen molar-refractivity contribution in [3.63, 3.8) is 0 Å². The van der Waals surface area contributed by atoms with Gasteiger partial charge in [-0.05, 0) is 56.0 Å². The summed E-state index contributed by atoms with van der Waals surface area (Å²) < 4.78 is 0. The number of hydrogen-bond acceptors (Lipinski definition) is 2. The molecule has 1 aliphatic heterocycles. The first-order valence-electron chi connectivity index (χ1n) is 7.10. The minimum Gasteiger partial charge on any atom is -0.356 e. The standard InChI is InChI=1S/C14H26N2O.ClH/c1-11(2)14(6-7-14)10-16-13(17)4-3-12-5-8-15-9-12;/h11-12,15H,3-10H2,1-2H3,(H,16,17);1H. The quantitative estimate of drug-likeness (QED) is 0.781. The van der Waals surface area contributed by atoms with Crippen molar-refractivity contribution in [2.24, 2.45) is 17.3 Å². The minimum absolute atomic E-state index is 0. The van der Waals surface area contributed by atoms with Gasteiger partial charge in [-0.1, -0.05) is 13.8 Å². The molecule has 1 saturated heterocycles. The lowest BCUT2D eigenvalue weighted by molar-refractivity contribution is -0.121. The molecule has 0 radical (unpaired) electrons. The highest BCUT2D eigenvalue weighted by Gasteiger charge is 2.45. The Balaban J connectivity index is 0.00000162. The van der Waals surface area contributed by atoms with Crippen molar-refractivity contribution in [1.29, 1.82) is 0 Å². The molecule has 1 amide bonds. The van der Waals surface area contributed by atoms with Crippen molar-refractivity contribution in [3.8, 4) is 0 Å². The lowest BCUT2D eigenvalue weighted by Crippen LogP contribution is -2.32. The first-order chi connectivity index (χ1) is 8.12. The van der Waals surface area contributed by atoms with E-state index in [0.717, 1.165) is 32.0 Å². The van der Waals surface area contributed by atoms with Gasteiger partial charge in [0, 0.05) is 13.0 Å². The number of carbonyl (C=O) groups excluding carboxylic acids is 1. The summed E-state index contributed by atoms with van der Waals surface area (Å²) in [6.07, 6.45) is 5.58. The van der Waals surface area contributed by atoms with E-state index in [0.29, 0.717) is 17.8 Å². The highest BCUT2D eigenvalue weighted by atomic mass is 35.5. The predicted molar refractivity (Wildman–Crippen MR) is 77.0 cm³/mol. The largest absolute Gasteiger partial charge is 0.356 e. The third kappa shape index (κ3) is 4.13. The molecule has 1 saturated carbocycles. The van der Waals surface area contributed by atoms with Gasteiger partial charge < -0.3 is 10.6 Å². The second-order valence-corrected chi connectivity index (χ2v) is 6.19. The Kier molecular flexibility index (Phi) is 5.93. The Morgan fingerprint density at radius 1 is 1.44 bits per heavy atom. The second-order valence-electron chi connectivity index (χ2n) is 6.19. The van der Waals surface area contributed by atoms with E-state index in [1.807, 2.05) is 0 Å². The summed E-state index contributed by atoms with van der Waals surface area (Å²) in [5, 5.41) is 6.48. The van der Waals surface area contributed by atoms with Gasteiger partial charge in [0.15, 0.2) is 0 Å². The summed E-state index contributed by atoms with van der Waals surface area (Å²) in [6.45, 7) is 7.66. The SMILES string of the molecule is CC(C)C1(CNC(=O)CCC2CCNC2)CC1.Cl. The fourth-order valence-electron chi connectivity index (χ4n) is 2.78. The molecule has 18 heavy (non-hydrogen) atoms. The second kappa shape index (κ2) is 6.76. The van der Waals surface area contributed by atoms with Crippen LogP contribution in [0.1, 0.15) is 46.0 Å². The molecule has 106 valence electrons. The third-order valence-corrected chi connectivity index (χ3v) is 4.70. The zero-order valence-electron chi connectivity index (χ0n) is 11.6. The van der Waals surface area contributed by atoms with E-state index in [2.05, 4.69) is 24.5 Å². The van der Waals surface area contributed by atoms with Crippen molar-refractivity contribution in [3.05, 3.63) is 0 Å². The topological polar surface area (TPSA) is 41.1 Å². The van der Waals surface area contributed by atoms with E-state index >= 15 is 0 Å². The van der Waals surface area contributed by atoms with Gasteiger partial charge in [-0.2, -0.15) is 0 Å². The highest BCUT2D eigenvalue weighted by molar-refractivity contribution is 5.85. The Hall–Kier alpha value is -0.280. The molecule has 0 bridgehead atoms. The number of halogens is 1. The average molecular weight is 275 g/mol. The van der Waals surface area contributed by atoms with Gasteiger partial charge in [0.1, 0.15) is 0 Å².